The third-order valence-electron chi connectivity index (χ3n) is 4.03. The molecule has 2 heteroatoms. The predicted molar refractivity (Wildman–Crippen MR) is 77.8 cm³/mol. The summed E-state index contributed by atoms with van der Waals surface area (Å²) in [5.74, 6) is 0. The molecule has 1 aliphatic rings. The molecule has 1 aliphatic heterocycles. The number of benzene rings is 1. The minimum absolute atomic E-state index is 0.536. The lowest BCUT2D eigenvalue weighted by Gasteiger charge is -2.25. The van der Waals surface area contributed by atoms with Crippen LogP contribution in [0.25, 0.3) is 0 Å². The maximum Gasteiger partial charge on any atom is 0.0370 e. The van der Waals surface area contributed by atoms with Gasteiger partial charge in [-0.1, -0.05) is 30.3 Å². The van der Waals surface area contributed by atoms with Crippen LogP contribution in [0.3, 0.4) is 0 Å². The van der Waals surface area contributed by atoms with Crippen LogP contribution in [-0.4, -0.2) is 16.4 Å². The first-order chi connectivity index (χ1) is 9.34. The van der Waals surface area contributed by atoms with E-state index in [0.717, 1.165) is 6.54 Å². The van der Waals surface area contributed by atoms with Crippen molar-refractivity contribution in [3.63, 3.8) is 0 Å². The molecule has 1 aromatic heterocycles. The molecule has 0 N–H and O–H groups in total. The number of hydrogen-bond donors (Lipinski definition) is 0. The maximum absolute atomic E-state index is 4.30. The van der Waals surface area contributed by atoms with Crippen molar-refractivity contribution in [2.75, 3.05) is 6.54 Å². The molecule has 2 heterocycles. The van der Waals surface area contributed by atoms with Gasteiger partial charge in [-0.2, -0.15) is 0 Å². The minimum atomic E-state index is 0.536. The first-order valence-corrected chi connectivity index (χ1v) is 7.03. The van der Waals surface area contributed by atoms with E-state index in [1.807, 2.05) is 12.4 Å². The van der Waals surface area contributed by atoms with E-state index in [2.05, 4.69) is 53.2 Å². The Balaban J connectivity index is 1.81. The summed E-state index contributed by atoms with van der Waals surface area (Å²) in [5, 5.41) is 0. The number of pyridine rings is 1. The number of aryl methyl sites for hydroxylation is 1. The summed E-state index contributed by atoms with van der Waals surface area (Å²) in [7, 11) is 0. The maximum atomic E-state index is 4.30. The van der Waals surface area contributed by atoms with Gasteiger partial charge in [0.25, 0.3) is 0 Å². The van der Waals surface area contributed by atoms with Gasteiger partial charge >= 0.3 is 0 Å². The van der Waals surface area contributed by atoms with Crippen molar-refractivity contribution >= 4 is 0 Å². The van der Waals surface area contributed by atoms with Crippen LogP contribution in [0.2, 0.25) is 0 Å². The van der Waals surface area contributed by atoms with Crippen LogP contribution in [0.1, 0.15) is 35.6 Å². The summed E-state index contributed by atoms with van der Waals surface area (Å²) < 4.78 is 0. The molecule has 0 aliphatic carbocycles. The number of likely N-dealkylation sites (tertiary alicyclic amines) is 1. The fraction of sp³-hybridized carbons (Fsp3) is 0.353. The van der Waals surface area contributed by atoms with Crippen LogP contribution < -0.4 is 0 Å². The van der Waals surface area contributed by atoms with Crippen molar-refractivity contribution in [3.05, 3.63) is 65.5 Å². The predicted octanol–water partition coefficient (Wildman–Crippen LogP) is 3.73. The van der Waals surface area contributed by atoms with Crippen molar-refractivity contribution in [2.24, 2.45) is 0 Å². The molecule has 2 aromatic rings. The quantitative estimate of drug-likeness (QED) is 0.827. The van der Waals surface area contributed by atoms with Crippen LogP contribution in [-0.2, 0) is 6.54 Å². The number of rotatable bonds is 3. The van der Waals surface area contributed by atoms with Crippen LogP contribution in [0.5, 0.6) is 0 Å². The Morgan fingerprint density at radius 3 is 2.84 bits per heavy atom. The van der Waals surface area contributed by atoms with Crippen LogP contribution in [0, 0.1) is 6.92 Å². The summed E-state index contributed by atoms with van der Waals surface area (Å²) >= 11 is 0. The molecule has 3 rings (SSSR count). The summed E-state index contributed by atoms with van der Waals surface area (Å²) in [6, 6.07) is 13.4. The first-order valence-electron chi connectivity index (χ1n) is 7.03. The molecule has 0 amide bonds. The Morgan fingerprint density at radius 2 is 2.05 bits per heavy atom. The zero-order chi connectivity index (χ0) is 13.1. The van der Waals surface area contributed by atoms with Gasteiger partial charge in [0.1, 0.15) is 0 Å². The Bertz CT molecular complexity index is 536. The summed E-state index contributed by atoms with van der Waals surface area (Å²) in [6.45, 7) is 4.42. The first kappa shape index (κ1) is 12.4. The van der Waals surface area contributed by atoms with Gasteiger partial charge < -0.3 is 0 Å². The Labute approximate surface area is 115 Å². The van der Waals surface area contributed by atoms with Crippen molar-refractivity contribution < 1.29 is 0 Å². The van der Waals surface area contributed by atoms with Crippen molar-refractivity contribution in [2.45, 2.75) is 32.4 Å². The highest BCUT2D eigenvalue weighted by molar-refractivity contribution is 5.26. The molecule has 0 bridgehead atoms. The molecule has 0 saturated carbocycles. The van der Waals surface area contributed by atoms with Gasteiger partial charge in [-0.15, -0.1) is 0 Å². The SMILES string of the molecule is Cc1ccncc1C1CCCN1Cc1ccccc1. The lowest BCUT2D eigenvalue weighted by Crippen LogP contribution is -2.23. The molecule has 0 radical (unpaired) electrons. The Morgan fingerprint density at radius 1 is 1.21 bits per heavy atom. The monoisotopic (exact) mass is 252 g/mol. The zero-order valence-corrected chi connectivity index (χ0v) is 11.4. The molecule has 0 spiro atoms. The molecular formula is C17H20N2. The normalized spacial score (nSPS) is 19.7. The fourth-order valence-electron chi connectivity index (χ4n) is 3.01. The molecule has 98 valence electrons. The van der Waals surface area contributed by atoms with E-state index in [4.69, 9.17) is 0 Å². The van der Waals surface area contributed by atoms with Gasteiger partial charge in [-0.05, 0) is 49.1 Å². The van der Waals surface area contributed by atoms with E-state index < -0.39 is 0 Å². The van der Waals surface area contributed by atoms with Gasteiger partial charge in [0.15, 0.2) is 0 Å². The smallest absolute Gasteiger partial charge is 0.0370 e. The van der Waals surface area contributed by atoms with Crippen molar-refractivity contribution in [3.8, 4) is 0 Å². The average Bonchev–Trinajstić information content (AvgIpc) is 2.88. The van der Waals surface area contributed by atoms with Gasteiger partial charge in [0.05, 0.1) is 0 Å². The third kappa shape index (κ3) is 2.69. The zero-order valence-electron chi connectivity index (χ0n) is 11.4. The summed E-state index contributed by atoms with van der Waals surface area (Å²) in [6.07, 6.45) is 6.46. The second kappa shape index (κ2) is 5.54. The van der Waals surface area contributed by atoms with E-state index in [1.54, 1.807) is 0 Å². The molecule has 19 heavy (non-hydrogen) atoms. The van der Waals surface area contributed by atoms with E-state index in [9.17, 15) is 0 Å². The molecular weight excluding hydrogens is 232 g/mol. The van der Waals surface area contributed by atoms with Gasteiger partial charge in [-0.25, -0.2) is 0 Å². The average molecular weight is 252 g/mol. The highest BCUT2D eigenvalue weighted by Gasteiger charge is 2.26. The van der Waals surface area contributed by atoms with Gasteiger partial charge in [0.2, 0.25) is 0 Å². The molecule has 2 nitrogen and oxygen atoms in total. The number of aromatic nitrogens is 1. The topological polar surface area (TPSA) is 16.1 Å². The van der Waals surface area contributed by atoms with Crippen molar-refractivity contribution in [1.29, 1.82) is 0 Å². The lowest BCUT2D eigenvalue weighted by atomic mass is 10.0. The number of nitrogens with zero attached hydrogens (tertiary/aromatic N) is 2. The largest absolute Gasteiger partial charge is 0.292 e. The molecule has 1 atom stereocenters. The van der Waals surface area contributed by atoms with Gasteiger partial charge in [0, 0.05) is 25.0 Å². The van der Waals surface area contributed by atoms with Crippen molar-refractivity contribution in [1.82, 2.24) is 9.88 Å². The lowest BCUT2D eigenvalue weighted by molar-refractivity contribution is 0.247. The van der Waals surface area contributed by atoms with E-state index in [-0.39, 0.29) is 0 Å². The Hall–Kier alpha value is -1.67. The highest BCUT2D eigenvalue weighted by Crippen LogP contribution is 2.34. The number of hydrogen-bond acceptors (Lipinski definition) is 2. The molecule has 1 fully saturated rings. The minimum Gasteiger partial charge on any atom is -0.292 e. The third-order valence-corrected chi connectivity index (χ3v) is 4.03. The summed E-state index contributed by atoms with van der Waals surface area (Å²) in [4.78, 5) is 6.89. The van der Waals surface area contributed by atoms with Crippen LogP contribution >= 0.6 is 0 Å². The molecule has 1 saturated heterocycles. The Kier molecular flexibility index (Phi) is 3.60. The van der Waals surface area contributed by atoms with E-state index in [0.29, 0.717) is 6.04 Å². The van der Waals surface area contributed by atoms with E-state index in [1.165, 1.54) is 36.1 Å². The summed E-state index contributed by atoms with van der Waals surface area (Å²) in [5.41, 5.74) is 4.16. The molecule has 1 unspecified atom stereocenters. The second-order valence-corrected chi connectivity index (χ2v) is 5.35. The van der Waals surface area contributed by atoms with Crippen LogP contribution in [0.4, 0.5) is 0 Å². The highest BCUT2D eigenvalue weighted by atomic mass is 15.2. The fourth-order valence-corrected chi connectivity index (χ4v) is 3.01. The standard InChI is InChI=1S/C17H20N2/c1-14-9-10-18-12-16(14)17-8-5-11-19(17)13-15-6-3-2-4-7-15/h2-4,6-7,9-10,12,17H,5,8,11,13H2,1H3. The molecule has 1 aromatic carbocycles. The van der Waals surface area contributed by atoms with E-state index >= 15 is 0 Å². The van der Waals surface area contributed by atoms with Gasteiger partial charge in [-0.3, -0.25) is 9.88 Å². The second-order valence-electron chi connectivity index (χ2n) is 5.35. The van der Waals surface area contributed by atoms with Crippen LogP contribution in [0.15, 0.2) is 48.8 Å².